The summed E-state index contributed by atoms with van der Waals surface area (Å²) in [6, 6.07) is 7.66. The van der Waals surface area contributed by atoms with E-state index in [0.29, 0.717) is 10.7 Å². The van der Waals surface area contributed by atoms with Gasteiger partial charge >= 0.3 is 0 Å². The minimum Gasteiger partial charge on any atom is -0.244 e. The topological polar surface area (TPSA) is 54.0 Å². The first-order chi connectivity index (χ1) is 9.19. The van der Waals surface area contributed by atoms with Crippen molar-refractivity contribution in [2.45, 2.75) is 0 Å². The summed E-state index contributed by atoms with van der Waals surface area (Å²) in [6.07, 6.45) is 5.04. The van der Waals surface area contributed by atoms with E-state index in [1.54, 1.807) is 23.0 Å². The Bertz CT molecular complexity index is 802. The first-order valence-corrected chi connectivity index (χ1v) is 6.55. The van der Waals surface area contributed by atoms with Crippen LogP contribution in [0.2, 0.25) is 5.15 Å². The van der Waals surface area contributed by atoms with Crippen molar-refractivity contribution in [3.05, 3.63) is 52.0 Å². The van der Waals surface area contributed by atoms with Gasteiger partial charge in [0.05, 0.1) is 17.3 Å². The number of hydrogen-bond donors (Lipinski definition) is 0. The summed E-state index contributed by atoms with van der Waals surface area (Å²) in [5.41, 5.74) is 3.05. The summed E-state index contributed by atoms with van der Waals surface area (Å²) in [5, 5.41) is 13.8. The van der Waals surface area contributed by atoms with Gasteiger partial charge in [0.15, 0.2) is 0 Å². The molecule has 0 bridgehead atoms. The summed E-state index contributed by atoms with van der Waals surface area (Å²) in [4.78, 5) is 4.07. The van der Waals surface area contributed by atoms with Crippen LogP contribution >= 0.6 is 27.5 Å². The van der Waals surface area contributed by atoms with Gasteiger partial charge < -0.3 is 0 Å². The van der Waals surface area contributed by atoms with Gasteiger partial charge in [-0.3, -0.25) is 0 Å². The Morgan fingerprint density at radius 3 is 2.84 bits per heavy atom. The van der Waals surface area contributed by atoms with Gasteiger partial charge in [0.2, 0.25) is 0 Å². The predicted octanol–water partition coefficient (Wildman–Crippen LogP) is 3.68. The second-order valence-corrected chi connectivity index (χ2v) is 5.21. The number of halogens is 2. The first kappa shape index (κ1) is 12.2. The Kier molecular flexibility index (Phi) is 2.97. The second-order valence-electron chi connectivity index (χ2n) is 3.90. The van der Waals surface area contributed by atoms with Crippen molar-refractivity contribution < 1.29 is 0 Å². The molecule has 0 atom stereocenters. The normalized spacial score (nSPS) is 10.6. The van der Waals surface area contributed by atoms with Crippen LogP contribution in [0.5, 0.6) is 0 Å². The Labute approximate surface area is 122 Å². The number of hydrogen-bond acceptors (Lipinski definition) is 3. The molecule has 0 aromatic carbocycles. The molecule has 0 saturated heterocycles. The molecule has 3 aromatic rings. The molecule has 0 saturated carbocycles. The summed E-state index contributed by atoms with van der Waals surface area (Å²) >= 11 is 9.23. The van der Waals surface area contributed by atoms with Gasteiger partial charge in [0.1, 0.15) is 11.2 Å². The molecule has 3 aromatic heterocycles. The van der Waals surface area contributed by atoms with Gasteiger partial charge in [-0.1, -0.05) is 11.6 Å². The van der Waals surface area contributed by atoms with Gasteiger partial charge in [0, 0.05) is 28.0 Å². The first-order valence-electron chi connectivity index (χ1n) is 5.38. The van der Waals surface area contributed by atoms with Gasteiger partial charge in [-0.15, -0.1) is 0 Å². The molecule has 0 amide bonds. The molecule has 92 valence electrons. The van der Waals surface area contributed by atoms with E-state index >= 15 is 0 Å². The number of rotatable bonds is 1. The molecular formula is C13H6BrClN4. The molecule has 0 aliphatic carbocycles. The highest BCUT2D eigenvalue weighted by Gasteiger charge is 2.12. The number of fused-ring (bicyclic) bond motifs is 1. The van der Waals surface area contributed by atoms with Gasteiger partial charge in [-0.05, 0) is 34.1 Å². The summed E-state index contributed by atoms with van der Waals surface area (Å²) in [7, 11) is 0. The smallest absolute Gasteiger partial charge is 0.129 e. The average Bonchev–Trinajstić information content (AvgIpc) is 2.81. The van der Waals surface area contributed by atoms with Crippen LogP contribution in [0.25, 0.3) is 16.6 Å². The molecule has 0 unspecified atom stereocenters. The highest BCUT2D eigenvalue weighted by molar-refractivity contribution is 9.10. The third kappa shape index (κ3) is 2.09. The number of aromatic nitrogens is 3. The Morgan fingerprint density at radius 1 is 1.32 bits per heavy atom. The van der Waals surface area contributed by atoms with Crippen molar-refractivity contribution in [1.29, 1.82) is 5.26 Å². The zero-order chi connectivity index (χ0) is 13.4. The SMILES string of the molecule is N#Cc1cnn2cc(Br)cc(-c3ccc(Cl)nc3)c12. The minimum atomic E-state index is 0.434. The lowest BCUT2D eigenvalue weighted by Crippen LogP contribution is -1.91. The maximum atomic E-state index is 9.16. The predicted molar refractivity (Wildman–Crippen MR) is 75.8 cm³/mol. The zero-order valence-electron chi connectivity index (χ0n) is 9.51. The fourth-order valence-electron chi connectivity index (χ4n) is 1.93. The van der Waals surface area contributed by atoms with Crippen molar-refractivity contribution >= 4 is 33.0 Å². The molecule has 4 nitrogen and oxygen atoms in total. The minimum absolute atomic E-state index is 0.434. The lowest BCUT2D eigenvalue weighted by Gasteiger charge is -2.06. The van der Waals surface area contributed by atoms with Crippen LogP contribution in [-0.4, -0.2) is 14.6 Å². The zero-order valence-corrected chi connectivity index (χ0v) is 11.9. The van der Waals surface area contributed by atoms with Crippen molar-refractivity contribution in [3.8, 4) is 17.2 Å². The molecule has 0 aliphatic heterocycles. The van der Waals surface area contributed by atoms with E-state index in [4.69, 9.17) is 16.9 Å². The van der Waals surface area contributed by atoms with Gasteiger partial charge in [-0.25, -0.2) is 9.50 Å². The largest absolute Gasteiger partial charge is 0.244 e. The lowest BCUT2D eigenvalue weighted by atomic mass is 10.1. The Morgan fingerprint density at radius 2 is 2.16 bits per heavy atom. The molecule has 0 fully saturated rings. The van der Waals surface area contributed by atoms with Crippen LogP contribution in [0.1, 0.15) is 5.56 Å². The average molecular weight is 334 g/mol. The number of nitriles is 1. The molecule has 19 heavy (non-hydrogen) atoms. The van der Waals surface area contributed by atoms with Gasteiger partial charge in [0.25, 0.3) is 0 Å². The van der Waals surface area contributed by atoms with Crippen LogP contribution in [0, 0.1) is 11.3 Å². The van der Waals surface area contributed by atoms with Crippen LogP contribution in [0.3, 0.4) is 0 Å². The van der Waals surface area contributed by atoms with Crippen molar-refractivity contribution in [2.24, 2.45) is 0 Å². The van der Waals surface area contributed by atoms with Crippen LogP contribution in [0.15, 0.2) is 41.3 Å². The van der Waals surface area contributed by atoms with Crippen LogP contribution in [0.4, 0.5) is 0 Å². The molecular weight excluding hydrogens is 328 g/mol. The van der Waals surface area contributed by atoms with E-state index in [1.807, 2.05) is 18.3 Å². The van der Waals surface area contributed by atoms with E-state index < -0.39 is 0 Å². The fourth-order valence-corrected chi connectivity index (χ4v) is 2.46. The number of pyridine rings is 2. The summed E-state index contributed by atoms with van der Waals surface area (Å²) in [6.45, 7) is 0. The highest BCUT2D eigenvalue weighted by Crippen LogP contribution is 2.29. The lowest BCUT2D eigenvalue weighted by molar-refractivity contribution is 0.957. The molecule has 3 rings (SSSR count). The Hall–Kier alpha value is -1.90. The molecule has 0 aliphatic rings. The summed E-state index contributed by atoms with van der Waals surface area (Å²) in [5.74, 6) is 0. The highest BCUT2D eigenvalue weighted by atomic mass is 79.9. The molecule has 3 heterocycles. The van der Waals surface area contributed by atoms with Crippen molar-refractivity contribution in [1.82, 2.24) is 14.6 Å². The van der Waals surface area contributed by atoms with E-state index in [2.05, 4.69) is 32.1 Å². The van der Waals surface area contributed by atoms with Crippen LogP contribution in [-0.2, 0) is 0 Å². The second kappa shape index (κ2) is 4.65. The fraction of sp³-hybridized carbons (Fsp3) is 0. The van der Waals surface area contributed by atoms with E-state index in [9.17, 15) is 0 Å². The molecule has 0 N–H and O–H groups in total. The van der Waals surface area contributed by atoms with Crippen molar-refractivity contribution in [2.75, 3.05) is 0 Å². The molecule has 0 spiro atoms. The van der Waals surface area contributed by atoms with Crippen molar-refractivity contribution in [3.63, 3.8) is 0 Å². The monoisotopic (exact) mass is 332 g/mol. The third-order valence-electron chi connectivity index (χ3n) is 2.74. The quantitative estimate of drug-likeness (QED) is 0.638. The van der Waals surface area contributed by atoms with Gasteiger partial charge in [-0.2, -0.15) is 10.4 Å². The maximum Gasteiger partial charge on any atom is 0.129 e. The third-order valence-corrected chi connectivity index (χ3v) is 3.39. The van der Waals surface area contributed by atoms with E-state index in [-0.39, 0.29) is 0 Å². The standard InChI is InChI=1S/C13H6BrClN4/c14-10-3-11(8-1-2-12(15)17-5-8)13-9(4-16)6-18-19(13)7-10/h1-3,5-7H. The molecule has 0 radical (unpaired) electrons. The van der Waals surface area contributed by atoms with E-state index in [0.717, 1.165) is 21.1 Å². The number of nitrogens with zero attached hydrogens (tertiary/aromatic N) is 4. The summed E-state index contributed by atoms with van der Waals surface area (Å²) < 4.78 is 2.55. The van der Waals surface area contributed by atoms with E-state index in [1.165, 1.54) is 0 Å². The van der Waals surface area contributed by atoms with Crippen LogP contribution < -0.4 is 0 Å². The molecule has 6 heteroatoms. The Balaban J connectivity index is 2.36. The maximum absolute atomic E-state index is 9.16.